The Hall–Kier alpha value is -3.42. The Morgan fingerprint density at radius 1 is 1.00 bits per heavy atom. The number of nitrogens with one attached hydrogen (secondary N) is 1. The first-order valence-electron chi connectivity index (χ1n) is 11.0. The number of anilines is 2. The highest BCUT2D eigenvalue weighted by Gasteiger charge is 2.21. The van der Waals surface area contributed by atoms with Gasteiger partial charge in [-0.3, -0.25) is 9.59 Å². The number of aromatic nitrogens is 1. The number of carbonyl (C=O) groups excluding carboxylic acids is 3. The lowest BCUT2D eigenvalue weighted by atomic mass is 10.1. The van der Waals surface area contributed by atoms with Crippen molar-refractivity contribution in [2.45, 2.75) is 27.2 Å². The molecule has 0 saturated carbocycles. The van der Waals surface area contributed by atoms with Crippen LogP contribution in [0.25, 0.3) is 0 Å². The zero-order valence-electron chi connectivity index (χ0n) is 18.8. The van der Waals surface area contributed by atoms with Gasteiger partial charge in [-0.05, 0) is 49.7 Å². The van der Waals surface area contributed by atoms with Crippen LogP contribution in [0.15, 0.2) is 42.6 Å². The van der Waals surface area contributed by atoms with Gasteiger partial charge in [0.25, 0.3) is 5.91 Å². The SMILES string of the molecule is CCOC(=O)c1ccc(N2CCCN(C(=O)c3ccc(NC(=O)C(C)C)cc3)CC2)nc1. The van der Waals surface area contributed by atoms with Gasteiger partial charge in [0.2, 0.25) is 5.91 Å². The number of hydrogen-bond donors (Lipinski definition) is 1. The van der Waals surface area contributed by atoms with Crippen molar-refractivity contribution < 1.29 is 19.1 Å². The number of amides is 2. The zero-order valence-corrected chi connectivity index (χ0v) is 18.8. The molecule has 1 aliphatic rings. The Kier molecular flexibility index (Phi) is 7.81. The Morgan fingerprint density at radius 3 is 2.34 bits per heavy atom. The van der Waals surface area contributed by atoms with Crippen molar-refractivity contribution in [3.05, 3.63) is 53.7 Å². The maximum Gasteiger partial charge on any atom is 0.339 e. The lowest BCUT2D eigenvalue weighted by Crippen LogP contribution is -2.35. The second kappa shape index (κ2) is 10.7. The summed E-state index contributed by atoms with van der Waals surface area (Å²) in [6.07, 6.45) is 2.34. The summed E-state index contributed by atoms with van der Waals surface area (Å²) in [6.45, 7) is 8.42. The number of carbonyl (C=O) groups is 3. The molecule has 32 heavy (non-hydrogen) atoms. The second-order valence-electron chi connectivity index (χ2n) is 7.98. The standard InChI is InChI=1S/C24H30N4O4/c1-4-32-24(31)19-8-11-21(25-16-19)27-12-5-13-28(15-14-27)23(30)18-6-9-20(10-7-18)26-22(29)17(2)3/h6-11,16-17H,4-5,12-15H2,1-3H3,(H,26,29). The Morgan fingerprint density at radius 2 is 1.72 bits per heavy atom. The topological polar surface area (TPSA) is 91.8 Å². The van der Waals surface area contributed by atoms with Crippen molar-refractivity contribution in [1.29, 1.82) is 0 Å². The van der Waals surface area contributed by atoms with Crippen LogP contribution in [0.5, 0.6) is 0 Å². The van der Waals surface area contributed by atoms with Crippen molar-refractivity contribution in [3.8, 4) is 0 Å². The molecule has 2 aromatic rings. The number of esters is 1. The fraction of sp³-hybridized carbons (Fsp3) is 0.417. The van der Waals surface area contributed by atoms with Crippen LogP contribution in [-0.2, 0) is 9.53 Å². The fourth-order valence-corrected chi connectivity index (χ4v) is 3.42. The van der Waals surface area contributed by atoms with Crippen molar-refractivity contribution in [3.63, 3.8) is 0 Å². The van der Waals surface area contributed by atoms with Crippen LogP contribution in [0.2, 0.25) is 0 Å². The van der Waals surface area contributed by atoms with Crippen molar-refractivity contribution >= 4 is 29.3 Å². The van der Waals surface area contributed by atoms with Crippen LogP contribution in [-0.4, -0.2) is 60.5 Å². The average molecular weight is 439 g/mol. The normalized spacial score (nSPS) is 14.1. The van der Waals surface area contributed by atoms with Crippen LogP contribution in [0, 0.1) is 5.92 Å². The van der Waals surface area contributed by atoms with E-state index in [4.69, 9.17) is 4.74 Å². The van der Waals surface area contributed by atoms with E-state index in [-0.39, 0.29) is 23.7 Å². The minimum atomic E-state index is -0.381. The highest BCUT2D eigenvalue weighted by atomic mass is 16.5. The summed E-state index contributed by atoms with van der Waals surface area (Å²) >= 11 is 0. The predicted octanol–water partition coefficient (Wildman–Crippen LogP) is 3.21. The molecule has 0 bridgehead atoms. The van der Waals surface area contributed by atoms with Crippen molar-refractivity contribution in [2.75, 3.05) is 43.0 Å². The summed E-state index contributed by atoms with van der Waals surface area (Å²) in [5.41, 5.74) is 1.70. The Labute approximate surface area is 188 Å². The lowest BCUT2D eigenvalue weighted by Gasteiger charge is -2.23. The quantitative estimate of drug-likeness (QED) is 0.697. The number of nitrogens with zero attached hydrogens (tertiary/aromatic N) is 3. The van der Waals surface area contributed by atoms with Crippen LogP contribution in [0.1, 0.15) is 47.9 Å². The molecular formula is C24H30N4O4. The second-order valence-corrected chi connectivity index (χ2v) is 7.98. The van der Waals surface area contributed by atoms with Crippen molar-refractivity contribution in [2.24, 2.45) is 5.92 Å². The molecule has 2 heterocycles. The molecule has 2 amide bonds. The van der Waals surface area contributed by atoms with Gasteiger partial charge in [-0.2, -0.15) is 0 Å². The van der Waals surface area contributed by atoms with Gasteiger partial charge in [0.05, 0.1) is 12.2 Å². The largest absolute Gasteiger partial charge is 0.462 e. The molecule has 1 saturated heterocycles. The van der Waals surface area contributed by atoms with E-state index in [0.29, 0.717) is 43.1 Å². The van der Waals surface area contributed by atoms with Crippen molar-refractivity contribution in [1.82, 2.24) is 9.88 Å². The molecule has 1 aromatic heterocycles. The summed E-state index contributed by atoms with van der Waals surface area (Å²) in [4.78, 5) is 45.0. The van der Waals surface area contributed by atoms with Gasteiger partial charge in [0.1, 0.15) is 5.82 Å². The first kappa shape index (κ1) is 23.2. The van der Waals surface area contributed by atoms with Crippen LogP contribution >= 0.6 is 0 Å². The highest BCUT2D eigenvalue weighted by molar-refractivity contribution is 5.96. The lowest BCUT2D eigenvalue weighted by molar-refractivity contribution is -0.118. The molecular weight excluding hydrogens is 408 g/mol. The molecule has 1 aliphatic heterocycles. The van der Waals surface area contributed by atoms with E-state index in [1.165, 1.54) is 6.20 Å². The third kappa shape index (κ3) is 5.84. The zero-order chi connectivity index (χ0) is 23.1. The third-order valence-corrected chi connectivity index (χ3v) is 5.29. The number of rotatable bonds is 6. The maximum absolute atomic E-state index is 13.0. The number of hydrogen-bond acceptors (Lipinski definition) is 6. The van der Waals surface area contributed by atoms with Gasteiger partial charge in [0.15, 0.2) is 0 Å². The fourth-order valence-electron chi connectivity index (χ4n) is 3.42. The molecule has 0 spiro atoms. The summed E-state index contributed by atoms with van der Waals surface area (Å²) < 4.78 is 4.99. The first-order valence-corrected chi connectivity index (χ1v) is 11.0. The monoisotopic (exact) mass is 438 g/mol. The number of pyridine rings is 1. The molecule has 0 unspecified atom stereocenters. The molecule has 1 N–H and O–H groups in total. The van der Waals surface area contributed by atoms with E-state index >= 15 is 0 Å². The van der Waals surface area contributed by atoms with E-state index in [1.807, 2.05) is 24.8 Å². The molecule has 1 fully saturated rings. The molecule has 0 aliphatic carbocycles. The van der Waals surface area contributed by atoms with Gasteiger partial charge in [-0.1, -0.05) is 13.8 Å². The summed E-state index contributed by atoms with van der Waals surface area (Å²) in [6, 6.07) is 10.5. The highest BCUT2D eigenvalue weighted by Crippen LogP contribution is 2.17. The number of ether oxygens (including phenoxy) is 1. The Balaban J connectivity index is 1.59. The summed E-state index contributed by atoms with van der Waals surface area (Å²) in [5.74, 6) is 0.207. The van der Waals surface area contributed by atoms with Gasteiger partial charge < -0.3 is 19.9 Å². The Bertz CT molecular complexity index is 941. The minimum absolute atomic E-state index is 0.0285. The molecule has 8 heteroatoms. The number of benzene rings is 1. The molecule has 170 valence electrons. The molecule has 0 atom stereocenters. The maximum atomic E-state index is 13.0. The van der Waals surface area contributed by atoms with Gasteiger partial charge in [-0.15, -0.1) is 0 Å². The summed E-state index contributed by atoms with van der Waals surface area (Å²) in [7, 11) is 0. The molecule has 3 rings (SSSR count). The van der Waals surface area contributed by atoms with Gasteiger partial charge >= 0.3 is 5.97 Å². The van der Waals surface area contributed by atoms with Crippen LogP contribution in [0.3, 0.4) is 0 Å². The van der Waals surface area contributed by atoms with Crippen LogP contribution < -0.4 is 10.2 Å². The van der Waals surface area contributed by atoms with E-state index in [9.17, 15) is 14.4 Å². The first-order chi connectivity index (χ1) is 15.4. The predicted molar refractivity (Wildman–Crippen MR) is 123 cm³/mol. The molecule has 0 radical (unpaired) electrons. The third-order valence-electron chi connectivity index (χ3n) is 5.29. The van der Waals surface area contributed by atoms with E-state index in [2.05, 4.69) is 15.2 Å². The summed E-state index contributed by atoms with van der Waals surface area (Å²) in [5, 5.41) is 2.83. The van der Waals surface area contributed by atoms with Gasteiger partial charge in [0, 0.05) is 49.5 Å². The molecule has 8 nitrogen and oxygen atoms in total. The van der Waals surface area contributed by atoms with E-state index in [1.54, 1.807) is 37.3 Å². The van der Waals surface area contributed by atoms with E-state index in [0.717, 1.165) is 18.8 Å². The molecule has 1 aromatic carbocycles. The average Bonchev–Trinajstić information content (AvgIpc) is 3.05. The van der Waals surface area contributed by atoms with E-state index < -0.39 is 0 Å². The smallest absolute Gasteiger partial charge is 0.339 e. The van der Waals surface area contributed by atoms with Crippen LogP contribution in [0.4, 0.5) is 11.5 Å². The minimum Gasteiger partial charge on any atom is -0.462 e. The van der Waals surface area contributed by atoms with Gasteiger partial charge in [-0.25, -0.2) is 9.78 Å².